The van der Waals surface area contributed by atoms with Gasteiger partial charge in [-0.25, -0.2) is 0 Å². The molecule has 0 aliphatic carbocycles. The zero-order valence-corrected chi connectivity index (χ0v) is 18.3. The molecule has 2 aromatic rings. The summed E-state index contributed by atoms with van der Waals surface area (Å²) in [5, 5.41) is 0. The van der Waals surface area contributed by atoms with E-state index in [0.717, 1.165) is 37.1 Å². The van der Waals surface area contributed by atoms with Crippen LogP contribution in [0.3, 0.4) is 0 Å². The lowest BCUT2D eigenvalue weighted by atomic mass is 9.93. The second kappa shape index (κ2) is 11.7. The molecule has 158 valence electrons. The third-order valence-electron chi connectivity index (χ3n) is 5.26. The van der Waals surface area contributed by atoms with E-state index in [1.807, 2.05) is 18.4 Å². The van der Waals surface area contributed by atoms with Gasteiger partial charge in [0.2, 0.25) is 0 Å². The van der Waals surface area contributed by atoms with E-state index < -0.39 is 0 Å². The first-order valence-corrected chi connectivity index (χ1v) is 10.9. The molecule has 1 unspecified atom stereocenters. The number of hydrogen-bond donors (Lipinski definition) is 0. The lowest BCUT2D eigenvalue weighted by Gasteiger charge is -2.29. The van der Waals surface area contributed by atoms with Crippen LogP contribution in [0.1, 0.15) is 26.2 Å². The molecule has 1 atom stereocenters. The summed E-state index contributed by atoms with van der Waals surface area (Å²) in [7, 11) is 0. The van der Waals surface area contributed by atoms with Gasteiger partial charge in [-0.15, -0.1) is 6.58 Å². The van der Waals surface area contributed by atoms with E-state index in [1.165, 1.54) is 16.8 Å². The van der Waals surface area contributed by atoms with Crippen molar-refractivity contribution >= 4 is 18.6 Å². The predicted molar refractivity (Wildman–Crippen MR) is 136 cm³/mol. The molecule has 0 fully saturated rings. The van der Waals surface area contributed by atoms with E-state index in [4.69, 9.17) is 0 Å². The Hall–Kier alpha value is -3.46. The van der Waals surface area contributed by atoms with Crippen molar-refractivity contribution in [2.24, 2.45) is 15.9 Å². The summed E-state index contributed by atoms with van der Waals surface area (Å²) in [6, 6.07) is 19.2. The highest BCUT2D eigenvalue weighted by Crippen LogP contribution is 2.32. The Bertz CT molecular complexity index is 996. The fourth-order valence-corrected chi connectivity index (χ4v) is 3.66. The van der Waals surface area contributed by atoms with Crippen molar-refractivity contribution in [2.45, 2.75) is 26.2 Å². The fourth-order valence-electron chi connectivity index (χ4n) is 3.66. The molecule has 31 heavy (non-hydrogen) atoms. The van der Waals surface area contributed by atoms with Gasteiger partial charge in [0, 0.05) is 42.5 Å². The van der Waals surface area contributed by atoms with Crippen LogP contribution in [0.2, 0.25) is 0 Å². The summed E-state index contributed by atoms with van der Waals surface area (Å²) in [6.07, 6.45) is 15.1. The highest BCUT2D eigenvalue weighted by atomic mass is 15.1. The fraction of sp³-hybridized carbons (Fsp3) is 0.214. The van der Waals surface area contributed by atoms with Crippen LogP contribution in [0, 0.1) is 5.92 Å². The van der Waals surface area contributed by atoms with Crippen LogP contribution in [-0.4, -0.2) is 19.5 Å². The lowest BCUT2D eigenvalue weighted by molar-refractivity contribution is 0.750. The van der Waals surface area contributed by atoms with E-state index in [9.17, 15) is 0 Å². The molecule has 3 nitrogen and oxygen atoms in total. The monoisotopic (exact) mass is 409 g/mol. The van der Waals surface area contributed by atoms with Gasteiger partial charge in [-0.05, 0) is 54.8 Å². The minimum Gasteiger partial charge on any atom is -0.321 e. The van der Waals surface area contributed by atoms with Gasteiger partial charge in [0.25, 0.3) is 0 Å². The quantitative estimate of drug-likeness (QED) is 0.301. The Balaban J connectivity index is 1.86. The van der Waals surface area contributed by atoms with Crippen molar-refractivity contribution in [2.75, 3.05) is 11.4 Å². The zero-order chi connectivity index (χ0) is 21.9. The Kier molecular flexibility index (Phi) is 8.36. The van der Waals surface area contributed by atoms with E-state index in [-0.39, 0.29) is 5.92 Å². The molecule has 3 heteroatoms. The first kappa shape index (κ1) is 22.2. The number of nitrogens with zero attached hydrogens (tertiary/aromatic N) is 3. The van der Waals surface area contributed by atoms with Crippen LogP contribution in [0.5, 0.6) is 0 Å². The molecule has 0 aromatic heterocycles. The van der Waals surface area contributed by atoms with Gasteiger partial charge in [-0.2, -0.15) is 0 Å². The summed E-state index contributed by atoms with van der Waals surface area (Å²) in [6.45, 7) is 10.6. The third kappa shape index (κ3) is 6.02. The second-order valence-electron chi connectivity index (χ2n) is 7.50. The van der Waals surface area contributed by atoms with E-state index >= 15 is 0 Å². The second-order valence-corrected chi connectivity index (χ2v) is 7.50. The van der Waals surface area contributed by atoms with Gasteiger partial charge in [-0.1, -0.05) is 67.6 Å². The minimum absolute atomic E-state index is 0.115. The van der Waals surface area contributed by atoms with Crippen LogP contribution < -0.4 is 4.90 Å². The normalized spacial score (nSPS) is 15.1. The molecule has 1 aliphatic rings. The Morgan fingerprint density at radius 3 is 2.68 bits per heavy atom. The molecule has 0 N–H and O–H groups in total. The van der Waals surface area contributed by atoms with Crippen LogP contribution in [0.4, 0.5) is 5.69 Å². The van der Waals surface area contributed by atoms with Crippen molar-refractivity contribution in [3.05, 3.63) is 103 Å². The molecular formula is C28H31N3. The van der Waals surface area contributed by atoms with E-state index in [2.05, 4.69) is 102 Å². The number of aliphatic imine (C=N–C) groups is 2. The average molecular weight is 410 g/mol. The van der Waals surface area contributed by atoms with Crippen LogP contribution in [0.15, 0.2) is 113 Å². The number of rotatable bonds is 10. The van der Waals surface area contributed by atoms with Crippen molar-refractivity contribution in [1.29, 1.82) is 0 Å². The standard InChI is InChI=1S/C28H31N3/c1-4-17-30-22-26(21-29-3)23(5-2)19-27-15-9-10-18-31(27)28-16-11-14-25(20-28)24-12-7-6-8-13-24/h5-8,10-16,18,20-23H,2-4,9,17,19H2,1H3/b26-21+,30-22?. The molecule has 0 spiro atoms. The third-order valence-corrected chi connectivity index (χ3v) is 5.26. The maximum absolute atomic E-state index is 4.52. The highest BCUT2D eigenvalue weighted by Gasteiger charge is 2.18. The summed E-state index contributed by atoms with van der Waals surface area (Å²) in [5.41, 5.74) is 5.86. The van der Waals surface area contributed by atoms with E-state index in [0.29, 0.717) is 0 Å². The van der Waals surface area contributed by atoms with Gasteiger partial charge in [0.05, 0.1) is 0 Å². The molecule has 0 amide bonds. The zero-order valence-electron chi connectivity index (χ0n) is 18.3. The Morgan fingerprint density at radius 1 is 1.13 bits per heavy atom. The maximum Gasteiger partial charge on any atom is 0.0458 e. The minimum atomic E-state index is 0.115. The Labute approximate surface area is 186 Å². The summed E-state index contributed by atoms with van der Waals surface area (Å²) >= 11 is 0. The lowest BCUT2D eigenvalue weighted by Crippen LogP contribution is -2.20. The SMILES string of the molecule is C=CC(CC1=CCC=CN1c1cccc(-c2ccccc2)c1)/C(C=NCCC)=C/N=C. The molecular weight excluding hydrogens is 378 g/mol. The van der Waals surface area contributed by atoms with Gasteiger partial charge in [-0.3, -0.25) is 9.98 Å². The molecule has 0 radical (unpaired) electrons. The maximum atomic E-state index is 4.52. The number of anilines is 1. The average Bonchev–Trinajstić information content (AvgIpc) is 2.83. The van der Waals surface area contributed by atoms with Crippen molar-refractivity contribution in [3.8, 4) is 11.1 Å². The molecule has 1 aliphatic heterocycles. The molecule has 0 saturated carbocycles. The largest absolute Gasteiger partial charge is 0.321 e. The summed E-state index contributed by atoms with van der Waals surface area (Å²) in [4.78, 5) is 10.8. The van der Waals surface area contributed by atoms with Gasteiger partial charge in [0.1, 0.15) is 0 Å². The first-order chi connectivity index (χ1) is 15.3. The molecule has 0 saturated heterocycles. The summed E-state index contributed by atoms with van der Waals surface area (Å²) in [5.74, 6) is 0.115. The van der Waals surface area contributed by atoms with E-state index in [1.54, 1.807) is 6.20 Å². The van der Waals surface area contributed by atoms with Crippen molar-refractivity contribution < 1.29 is 0 Å². The van der Waals surface area contributed by atoms with Crippen molar-refractivity contribution in [1.82, 2.24) is 0 Å². The first-order valence-electron chi connectivity index (χ1n) is 10.9. The predicted octanol–water partition coefficient (Wildman–Crippen LogP) is 7.22. The van der Waals surface area contributed by atoms with Gasteiger partial charge < -0.3 is 4.90 Å². The molecule has 0 bridgehead atoms. The Morgan fingerprint density at radius 2 is 1.94 bits per heavy atom. The van der Waals surface area contributed by atoms with Crippen LogP contribution in [-0.2, 0) is 0 Å². The topological polar surface area (TPSA) is 28.0 Å². The smallest absolute Gasteiger partial charge is 0.0458 e. The molecule has 1 heterocycles. The molecule has 3 rings (SSSR count). The summed E-state index contributed by atoms with van der Waals surface area (Å²) < 4.78 is 0. The number of allylic oxidation sites excluding steroid dienone is 5. The molecule has 2 aromatic carbocycles. The number of benzene rings is 2. The van der Waals surface area contributed by atoms with Gasteiger partial charge >= 0.3 is 0 Å². The van der Waals surface area contributed by atoms with Crippen LogP contribution in [0.25, 0.3) is 11.1 Å². The number of hydrogen-bond acceptors (Lipinski definition) is 3. The van der Waals surface area contributed by atoms with Crippen molar-refractivity contribution in [3.63, 3.8) is 0 Å². The van der Waals surface area contributed by atoms with Crippen LogP contribution >= 0.6 is 0 Å². The highest BCUT2D eigenvalue weighted by molar-refractivity contribution is 5.80. The van der Waals surface area contributed by atoms with Gasteiger partial charge in [0.15, 0.2) is 0 Å².